The minimum absolute atomic E-state index is 0.0170. The molecule has 0 saturated heterocycles. The Hall–Kier alpha value is -1.79. The normalized spacial score (nSPS) is 26.6. The van der Waals surface area contributed by atoms with Gasteiger partial charge >= 0.3 is 6.18 Å². The summed E-state index contributed by atoms with van der Waals surface area (Å²) in [5.41, 5.74) is -0.720. The van der Waals surface area contributed by atoms with Crippen molar-refractivity contribution in [2.24, 2.45) is 17.3 Å². The molecule has 0 aliphatic heterocycles. The number of carbonyl (C=O) groups is 1. The van der Waals surface area contributed by atoms with Crippen LogP contribution in [0.3, 0.4) is 0 Å². The zero-order chi connectivity index (χ0) is 22.1. The van der Waals surface area contributed by atoms with Gasteiger partial charge in [-0.3, -0.25) is 4.79 Å². The van der Waals surface area contributed by atoms with Gasteiger partial charge in [-0.05, 0) is 50.2 Å². The number of rotatable bonds is 7. The maximum absolute atomic E-state index is 13.0. The second-order valence-electron chi connectivity index (χ2n) is 9.86. The van der Waals surface area contributed by atoms with Gasteiger partial charge < -0.3 is 10.6 Å². The Balaban J connectivity index is 1.33. The number of alkyl halides is 3. The van der Waals surface area contributed by atoms with Gasteiger partial charge in [-0.15, -0.1) is 0 Å². The van der Waals surface area contributed by atoms with Crippen LogP contribution in [0.25, 0.3) is 0 Å². The molecule has 1 aromatic rings. The number of anilines is 1. The van der Waals surface area contributed by atoms with Crippen molar-refractivity contribution in [3.05, 3.63) is 23.9 Å². The molecule has 3 aliphatic rings. The summed E-state index contributed by atoms with van der Waals surface area (Å²) in [4.78, 5) is 17.0. The number of halogens is 3. The van der Waals surface area contributed by atoms with Gasteiger partial charge in [0.25, 0.3) is 0 Å². The highest BCUT2D eigenvalue weighted by atomic mass is 19.4. The molecule has 0 radical (unpaired) electrons. The monoisotopic (exact) mass is 437 g/mol. The van der Waals surface area contributed by atoms with Crippen molar-refractivity contribution in [3.63, 3.8) is 0 Å². The molecule has 172 valence electrons. The highest BCUT2D eigenvalue weighted by Gasteiger charge is 2.59. The first-order valence-corrected chi connectivity index (χ1v) is 11.9. The molecule has 1 heterocycles. The fraction of sp³-hybridized carbons (Fsp3) is 0.750. The number of nitrogens with one attached hydrogen (secondary N) is 2. The SMILES string of the molecule is CCC(CC1CCCCC1)C(=O)NC1CC(Nc2ccc(C(F)(F)F)cn2)C12CCC2. The largest absolute Gasteiger partial charge is 0.417 e. The summed E-state index contributed by atoms with van der Waals surface area (Å²) in [6.45, 7) is 2.10. The molecule has 1 amide bonds. The van der Waals surface area contributed by atoms with Gasteiger partial charge in [-0.25, -0.2) is 4.98 Å². The van der Waals surface area contributed by atoms with Crippen LogP contribution in [0.15, 0.2) is 18.3 Å². The molecule has 4 nitrogen and oxygen atoms in total. The van der Waals surface area contributed by atoms with Crippen LogP contribution in [0.5, 0.6) is 0 Å². The van der Waals surface area contributed by atoms with Crippen LogP contribution < -0.4 is 10.6 Å². The Labute approximate surface area is 182 Å². The van der Waals surface area contributed by atoms with Crippen molar-refractivity contribution in [3.8, 4) is 0 Å². The molecule has 4 rings (SSSR count). The van der Waals surface area contributed by atoms with Crippen molar-refractivity contribution < 1.29 is 18.0 Å². The van der Waals surface area contributed by atoms with Crippen LogP contribution in [0.2, 0.25) is 0 Å². The summed E-state index contributed by atoms with van der Waals surface area (Å²) >= 11 is 0. The average Bonchev–Trinajstić information content (AvgIpc) is 2.70. The van der Waals surface area contributed by atoms with Crippen LogP contribution in [0.1, 0.15) is 83.1 Å². The Morgan fingerprint density at radius 2 is 1.90 bits per heavy atom. The molecule has 2 N–H and O–H groups in total. The minimum Gasteiger partial charge on any atom is -0.367 e. The topological polar surface area (TPSA) is 54.0 Å². The Bertz CT molecular complexity index is 754. The molecule has 3 unspecified atom stereocenters. The summed E-state index contributed by atoms with van der Waals surface area (Å²) in [7, 11) is 0. The molecule has 3 fully saturated rings. The molecule has 3 aliphatic carbocycles. The van der Waals surface area contributed by atoms with Gasteiger partial charge in [0, 0.05) is 29.6 Å². The van der Waals surface area contributed by atoms with E-state index in [2.05, 4.69) is 22.5 Å². The lowest BCUT2D eigenvalue weighted by molar-refractivity contribution is -0.137. The number of hydrogen-bond donors (Lipinski definition) is 2. The highest BCUT2D eigenvalue weighted by molar-refractivity contribution is 5.79. The number of amides is 1. The molecule has 31 heavy (non-hydrogen) atoms. The summed E-state index contributed by atoms with van der Waals surface area (Å²) in [6.07, 6.45) is 8.80. The first-order valence-electron chi connectivity index (χ1n) is 11.9. The Kier molecular flexibility index (Phi) is 6.50. The van der Waals surface area contributed by atoms with Gasteiger partial charge in [0.2, 0.25) is 5.91 Å². The third-order valence-electron chi connectivity index (χ3n) is 8.08. The van der Waals surface area contributed by atoms with E-state index in [0.29, 0.717) is 11.7 Å². The van der Waals surface area contributed by atoms with Gasteiger partial charge in [-0.1, -0.05) is 45.4 Å². The molecule has 7 heteroatoms. The van der Waals surface area contributed by atoms with Crippen molar-refractivity contribution in [2.75, 3.05) is 5.32 Å². The lowest BCUT2D eigenvalue weighted by Crippen LogP contribution is -2.69. The molecular formula is C24H34F3N3O. The molecule has 3 saturated carbocycles. The Morgan fingerprint density at radius 3 is 2.45 bits per heavy atom. The van der Waals surface area contributed by atoms with Crippen LogP contribution in [-0.2, 0) is 11.0 Å². The smallest absolute Gasteiger partial charge is 0.367 e. The van der Waals surface area contributed by atoms with Crippen molar-refractivity contribution >= 4 is 11.7 Å². The fourth-order valence-electron chi connectivity index (χ4n) is 5.87. The van der Waals surface area contributed by atoms with E-state index in [1.54, 1.807) is 0 Å². The van der Waals surface area contributed by atoms with Crippen LogP contribution >= 0.6 is 0 Å². The number of pyridine rings is 1. The quantitative estimate of drug-likeness (QED) is 0.555. The third kappa shape index (κ3) is 4.70. The molecule has 1 aromatic heterocycles. The lowest BCUT2D eigenvalue weighted by Gasteiger charge is -2.61. The number of hydrogen-bond acceptors (Lipinski definition) is 3. The van der Waals surface area contributed by atoms with Gasteiger partial charge in [0.1, 0.15) is 5.82 Å². The summed E-state index contributed by atoms with van der Waals surface area (Å²) in [5, 5.41) is 6.68. The highest BCUT2D eigenvalue weighted by Crippen LogP contribution is 2.57. The number of nitrogens with zero attached hydrogens (tertiary/aromatic N) is 1. The zero-order valence-electron chi connectivity index (χ0n) is 18.3. The van der Waals surface area contributed by atoms with E-state index >= 15 is 0 Å². The van der Waals surface area contributed by atoms with E-state index in [1.807, 2.05) is 0 Å². The van der Waals surface area contributed by atoms with E-state index < -0.39 is 11.7 Å². The second kappa shape index (κ2) is 8.99. The average molecular weight is 438 g/mol. The fourth-order valence-corrected chi connectivity index (χ4v) is 5.87. The lowest BCUT2D eigenvalue weighted by atomic mass is 9.49. The summed E-state index contributed by atoms with van der Waals surface area (Å²) in [5.74, 6) is 1.43. The summed E-state index contributed by atoms with van der Waals surface area (Å²) < 4.78 is 38.3. The molecule has 3 atom stereocenters. The second-order valence-corrected chi connectivity index (χ2v) is 9.86. The maximum Gasteiger partial charge on any atom is 0.417 e. The van der Waals surface area contributed by atoms with Crippen LogP contribution in [0, 0.1) is 17.3 Å². The number of aromatic nitrogens is 1. The van der Waals surface area contributed by atoms with Gasteiger partial charge in [0.15, 0.2) is 0 Å². The van der Waals surface area contributed by atoms with E-state index in [-0.39, 0.29) is 29.3 Å². The molecule has 0 aromatic carbocycles. The van der Waals surface area contributed by atoms with Gasteiger partial charge in [-0.2, -0.15) is 13.2 Å². The van der Waals surface area contributed by atoms with E-state index in [9.17, 15) is 18.0 Å². The first kappa shape index (κ1) is 22.4. The standard InChI is InChI=1S/C24H34F3N3O/c1-2-17(13-16-7-4-3-5-8-16)22(31)30-20-14-19(23(20)11-6-12-23)29-21-10-9-18(15-28-21)24(25,26)27/h9-10,15-17,19-20H,2-8,11-14H2,1H3,(H,28,29)(H,30,31). The van der Waals surface area contributed by atoms with Crippen molar-refractivity contribution in [1.29, 1.82) is 0 Å². The van der Waals surface area contributed by atoms with Crippen LogP contribution in [-0.4, -0.2) is 23.0 Å². The van der Waals surface area contributed by atoms with Crippen LogP contribution in [0.4, 0.5) is 19.0 Å². The number of carbonyl (C=O) groups excluding carboxylic acids is 1. The molecule has 1 spiro atoms. The van der Waals surface area contributed by atoms with E-state index in [0.717, 1.165) is 50.8 Å². The maximum atomic E-state index is 13.0. The molecular weight excluding hydrogens is 403 g/mol. The predicted molar refractivity (Wildman–Crippen MR) is 114 cm³/mol. The Morgan fingerprint density at radius 1 is 1.16 bits per heavy atom. The predicted octanol–water partition coefficient (Wildman–Crippen LogP) is 5.94. The zero-order valence-corrected chi connectivity index (χ0v) is 18.3. The minimum atomic E-state index is -4.37. The van der Waals surface area contributed by atoms with Gasteiger partial charge in [0.05, 0.1) is 5.56 Å². The van der Waals surface area contributed by atoms with E-state index in [4.69, 9.17) is 0 Å². The van der Waals surface area contributed by atoms with E-state index in [1.165, 1.54) is 38.2 Å². The molecule has 0 bridgehead atoms. The first-order chi connectivity index (χ1) is 14.8. The summed E-state index contributed by atoms with van der Waals surface area (Å²) in [6, 6.07) is 2.77. The van der Waals surface area contributed by atoms with Crippen molar-refractivity contribution in [1.82, 2.24) is 10.3 Å². The van der Waals surface area contributed by atoms with Crippen molar-refractivity contribution in [2.45, 2.75) is 95.8 Å². The third-order valence-corrected chi connectivity index (χ3v) is 8.08.